The third kappa shape index (κ3) is 4.15. The van der Waals surface area contributed by atoms with Crippen LogP contribution in [-0.4, -0.2) is 21.2 Å². The van der Waals surface area contributed by atoms with Crippen LogP contribution in [0.3, 0.4) is 0 Å². The minimum absolute atomic E-state index is 0.0449. The Morgan fingerprint density at radius 1 is 1.12 bits per heavy atom. The maximum absolute atomic E-state index is 11.8. The zero-order valence-electron chi connectivity index (χ0n) is 12.5. The smallest absolute Gasteiger partial charge is 0.289 e. The number of benzene rings is 2. The predicted molar refractivity (Wildman–Crippen MR) is 90.3 cm³/mol. The molecule has 0 fully saturated rings. The summed E-state index contributed by atoms with van der Waals surface area (Å²) in [5, 5.41) is 30.9. The van der Waals surface area contributed by atoms with Gasteiger partial charge in [-0.15, -0.1) is 0 Å². The SMILES string of the molecule is [C-]#[N+]c1c(O)cccc1/C=C(/O)C(=O)N/C=C/c1ccc(O)cc1. The molecule has 0 aliphatic rings. The zero-order chi connectivity index (χ0) is 17.5. The lowest BCUT2D eigenvalue weighted by Gasteiger charge is -2.03. The maximum atomic E-state index is 11.8. The fourth-order valence-corrected chi connectivity index (χ4v) is 1.87. The van der Waals surface area contributed by atoms with E-state index in [0.29, 0.717) is 0 Å². The average Bonchev–Trinajstić information content (AvgIpc) is 2.56. The molecule has 0 atom stereocenters. The fraction of sp³-hybridized carbons (Fsp3) is 0. The van der Waals surface area contributed by atoms with Crippen molar-refractivity contribution < 1.29 is 20.1 Å². The molecule has 0 aliphatic heterocycles. The van der Waals surface area contributed by atoms with Crippen molar-refractivity contribution in [2.24, 2.45) is 0 Å². The topological polar surface area (TPSA) is 94.2 Å². The summed E-state index contributed by atoms with van der Waals surface area (Å²) in [7, 11) is 0. The second-order valence-corrected chi connectivity index (χ2v) is 4.75. The molecule has 120 valence electrons. The minimum Gasteiger partial charge on any atom is -0.519 e. The maximum Gasteiger partial charge on any atom is 0.289 e. The van der Waals surface area contributed by atoms with Crippen LogP contribution >= 0.6 is 0 Å². The Hall–Kier alpha value is -3.72. The number of nitrogens with one attached hydrogen (secondary N) is 1. The number of hydrogen-bond acceptors (Lipinski definition) is 4. The second-order valence-electron chi connectivity index (χ2n) is 4.75. The summed E-state index contributed by atoms with van der Waals surface area (Å²) in [5.74, 6) is -1.44. The summed E-state index contributed by atoms with van der Waals surface area (Å²) in [4.78, 5) is 15.0. The van der Waals surface area contributed by atoms with Gasteiger partial charge in [-0.25, -0.2) is 4.85 Å². The van der Waals surface area contributed by atoms with Crippen molar-refractivity contribution in [2.75, 3.05) is 0 Å². The summed E-state index contributed by atoms with van der Waals surface area (Å²) in [6, 6.07) is 10.7. The van der Waals surface area contributed by atoms with Gasteiger partial charge in [-0.1, -0.05) is 24.3 Å². The van der Waals surface area contributed by atoms with Gasteiger partial charge in [-0.3, -0.25) is 4.79 Å². The van der Waals surface area contributed by atoms with E-state index in [-0.39, 0.29) is 22.7 Å². The van der Waals surface area contributed by atoms with Crippen molar-refractivity contribution in [1.82, 2.24) is 5.32 Å². The van der Waals surface area contributed by atoms with E-state index in [2.05, 4.69) is 10.2 Å². The van der Waals surface area contributed by atoms with Crippen LogP contribution in [-0.2, 0) is 4.79 Å². The van der Waals surface area contributed by atoms with Crippen LogP contribution in [0.15, 0.2) is 54.4 Å². The Morgan fingerprint density at radius 2 is 1.83 bits per heavy atom. The monoisotopic (exact) mass is 322 g/mol. The molecule has 4 N–H and O–H groups in total. The van der Waals surface area contributed by atoms with E-state index < -0.39 is 11.7 Å². The molecule has 6 nitrogen and oxygen atoms in total. The number of nitrogens with zero attached hydrogens (tertiary/aromatic N) is 1. The molecular weight excluding hydrogens is 308 g/mol. The number of carbonyl (C=O) groups is 1. The Balaban J connectivity index is 2.08. The third-order valence-electron chi connectivity index (χ3n) is 3.07. The van der Waals surface area contributed by atoms with Crippen molar-refractivity contribution in [3.63, 3.8) is 0 Å². The molecule has 1 amide bonds. The van der Waals surface area contributed by atoms with Crippen LogP contribution in [0.4, 0.5) is 5.69 Å². The average molecular weight is 322 g/mol. The van der Waals surface area contributed by atoms with Gasteiger partial charge in [0, 0.05) is 6.20 Å². The number of phenols is 2. The van der Waals surface area contributed by atoms with E-state index in [4.69, 9.17) is 6.57 Å². The lowest BCUT2D eigenvalue weighted by Crippen LogP contribution is -2.18. The summed E-state index contributed by atoms with van der Waals surface area (Å²) in [6.45, 7) is 7.02. The Kier molecular flexibility index (Phi) is 5.21. The number of carbonyl (C=O) groups excluding carboxylic acids is 1. The molecule has 2 rings (SSSR count). The Bertz CT molecular complexity index is 846. The molecule has 6 heteroatoms. The summed E-state index contributed by atoms with van der Waals surface area (Å²) in [6.07, 6.45) is 4.04. The molecule has 2 aromatic rings. The van der Waals surface area contributed by atoms with Gasteiger partial charge in [0.25, 0.3) is 5.91 Å². The predicted octanol–water partition coefficient (Wildman–Crippen LogP) is 3.33. The summed E-state index contributed by atoms with van der Waals surface area (Å²) < 4.78 is 0. The highest BCUT2D eigenvalue weighted by molar-refractivity contribution is 5.97. The van der Waals surface area contributed by atoms with Crippen LogP contribution in [0.1, 0.15) is 11.1 Å². The number of amides is 1. The molecule has 0 radical (unpaired) electrons. The third-order valence-corrected chi connectivity index (χ3v) is 3.07. The highest BCUT2D eigenvalue weighted by Crippen LogP contribution is 2.31. The van der Waals surface area contributed by atoms with Crippen molar-refractivity contribution in [3.8, 4) is 11.5 Å². The van der Waals surface area contributed by atoms with E-state index in [9.17, 15) is 20.1 Å². The quantitative estimate of drug-likeness (QED) is 0.394. The van der Waals surface area contributed by atoms with E-state index >= 15 is 0 Å². The summed E-state index contributed by atoms with van der Waals surface area (Å²) >= 11 is 0. The highest BCUT2D eigenvalue weighted by Gasteiger charge is 2.10. The summed E-state index contributed by atoms with van der Waals surface area (Å²) in [5.41, 5.74) is 0.941. The molecule has 24 heavy (non-hydrogen) atoms. The first kappa shape index (κ1) is 16.6. The molecule has 0 saturated heterocycles. The molecular formula is C18H14N2O4. The van der Waals surface area contributed by atoms with E-state index in [1.165, 1.54) is 36.5 Å². The van der Waals surface area contributed by atoms with Crippen LogP contribution < -0.4 is 5.32 Å². The van der Waals surface area contributed by atoms with Crippen molar-refractivity contribution in [1.29, 1.82) is 0 Å². The number of aliphatic hydroxyl groups is 1. The number of para-hydroxylation sites is 1. The number of aromatic hydroxyl groups is 2. The van der Waals surface area contributed by atoms with E-state index in [1.807, 2.05) is 0 Å². The zero-order valence-corrected chi connectivity index (χ0v) is 12.5. The molecule has 0 saturated carbocycles. The van der Waals surface area contributed by atoms with Crippen LogP contribution in [0.25, 0.3) is 17.0 Å². The molecule has 0 bridgehead atoms. The standard InChI is InChI=1S/C18H14N2O4/c1-19-17-13(3-2-4-15(17)22)11-16(23)18(24)20-10-9-12-5-7-14(21)8-6-12/h2-11,21-23H,(H,20,24)/b10-9+,16-11+. The van der Waals surface area contributed by atoms with Crippen LogP contribution in [0, 0.1) is 6.57 Å². The molecule has 0 unspecified atom stereocenters. The van der Waals surface area contributed by atoms with Crippen LogP contribution in [0.5, 0.6) is 11.5 Å². The molecule has 0 aliphatic carbocycles. The molecule has 0 aromatic heterocycles. The number of hydrogen-bond donors (Lipinski definition) is 4. The molecule has 0 spiro atoms. The van der Waals surface area contributed by atoms with Gasteiger partial charge >= 0.3 is 0 Å². The number of rotatable bonds is 4. The fourth-order valence-electron chi connectivity index (χ4n) is 1.87. The Morgan fingerprint density at radius 3 is 2.50 bits per heavy atom. The first-order chi connectivity index (χ1) is 11.5. The normalized spacial score (nSPS) is 11.2. The lowest BCUT2D eigenvalue weighted by molar-refractivity contribution is -0.118. The van der Waals surface area contributed by atoms with Gasteiger partial charge in [0.2, 0.25) is 5.69 Å². The lowest BCUT2D eigenvalue weighted by atomic mass is 10.1. The second kappa shape index (κ2) is 7.51. The van der Waals surface area contributed by atoms with Crippen LogP contribution in [0.2, 0.25) is 0 Å². The number of phenolic OH excluding ortho intramolecular Hbond substituents is 2. The van der Waals surface area contributed by atoms with Crippen molar-refractivity contribution in [2.45, 2.75) is 0 Å². The Labute approximate surface area is 138 Å². The van der Waals surface area contributed by atoms with E-state index in [1.54, 1.807) is 18.2 Å². The van der Waals surface area contributed by atoms with Gasteiger partial charge in [-0.2, -0.15) is 0 Å². The molecule has 0 heterocycles. The largest absolute Gasteiger partial charge is 0.519 e. The minimum atomic E-state index is -0.760. The number of aliphatic hydroxyl groups excluding tert-OH is 1. The van der Waals surface area contributed by atoms with Gasteiger partial charge < -0.3 is 20.6 Å². The van der Waals surface area contributed by atoms with Crippen molar-refractivity contribution in [3.05, 3.63) is 77.0 Å². The highest BCUT2D eigenvalue weighted by atomic mass is 16.3. The van der Waals surface area contributed by atoms with Gasteiger partial charge in [-0.05, 0) is 41.5 Å². The van der Waals surface area contributed by atoms with Gasteiger partial charge in [0.05, 0.1) is 6.57 Å². The van der Waals surface area contributed by atoms with Crippen molar-refractivity contribution >= 4 is 23.7 Å². The first-order valence-corrected chi connectivity index (χ1v) is 6.88. The van der Waals surface area contributed by atoms with E-state index in [0.717, 1.165) is 11.6 Å². The van der Waals surface area contributed by atoms with Gasteiger partial charge in [0.1, 0.15) is 11.5 Å². The van der Waals surface area contributed by atoms with Gasteiger partial charge in [0.15, 0.2) is 5.76 Å². The first-order valence-electron chi connectivity index (χ1n) is 6.88. The molecule has 2 aromatic carbocycles.